The van der Waals surface area contributed by atoms with Gasteiger partial charge in [0.2, 0.25) is 0 Å². The van der Waals surface area contributed by atoms with Gasteiger partial charge < -0.3 is 15.4 Å². The molecule has 2 aliphatic rings. The Balaban J connectivity index is 1.75. The first-order valence-corrected chi connectivity index (χ1v) is 6.30. The summed E-state index contributed by atoms with van der Waals surface area (Å²) in [6.45, 7) is 2.06. The van der Waals surface area contributed by atoms with Gasteiger partial charge in [-0.25, -0.2) is 0 Å². The van der Waals surface area contributed by atoms with Crippen molar-refractivity contribution in [2.75, 3.05) is 20.1 Å². The van der Waals surface area contributed by atoms with Gasteiger partial charge in [0.05, 0.1) is 5.92 Å². The molecule has 2 atom stereocenters. The van der Waals surface area contributed by atoms with Crippen LogP contribution in [0.2, 0.25) is 0 Å². The van der Waals surface area contributed by atoms with E-state index in [2.05, 4.69) is 11.9 Å². The molecule has 4 nitrogen and oxygen atoms in total. The lowest BCUT2D eigenvalue weighted by Gasteiger charge is -2.29. The number of likely N-dealkylation sites (tertiary alicyclic amines) is 1. The van der Waals surface area contributed by atoms with E-state index in [0.717, 1.165) is 45.2 Å². The molecule has 0 bridgehead atoms. The zero-order chi connectivity index (χ0) is 11.5. The van der Waals surface area contributed by atoms with E-state index in [1.54, 1.807) is 0 Å². The summed E-state index contributed by atoms with van der Waals surface area (Å²) in [5, 5.41) is 0. The maximum absolute atomic E-state index is 11.8. The number of ether oxygens (including phenoxy) is 1. The van der Waals surface area contributed by atoms with Gasteiger partial charge in [-0.05, 0) is 39.2 Å². The SMILES string of the molecule is CN1CCC(OC(=O)[C@@H]2CC[C@H](N)C2)CC1. The van der Waals surface area contributed by atoms with Crippen molar-refractivity contribution in [3.63, 3.8) is 0 Å². The predicted molar refractivity (Wildman–Crippen MR) is 61.9 cm³/mol. The van der Waals surface area contributed by atoms with Crippen LogP contribution < -0.4 is 5.73 Å². The van der Waals surface area contributed by atoms with Crippen molar-refractivity contribution >= 4 is 5.97 Å². The summed E-state index contributed by atoms with van der Waals surface area (Å²) in [6.07, 6.45) is 4.77. The second-order valence-electron chi connectivity index (χ2n) is 5.21. The lowest BCUT2D eigenvalue weighted by Crippen LogP contribution is -2.36. The van der Waals surface area contributed by atoms with Crippen molar-refractivity contribution < 1.29 is 9.53 Å². The average Bonchev–Trinajstić information content (AvgIpc) is 2.68. The van der Waals surface area contributed by atoms with E-state index < -0.39 is 0 Å². The van der Waals surface area contributed by atoms with E-state index in [4.69, 9.17) is 10.5 Å². The van der Waals surface area contributed by atoms with Gasteiger partial charge in [-0.3, -0.25) is 4.79 Å². The molecule has 2 rings (SSSR count). The van der Waals surface area contributed by atoms with Crippen molar-refractivity contribution in [3.8, 4) is 0 Å². The van der Waals surface area contributed by atoms with Gasteiger partial charge >= 0.3 is 5.97 Å². The molecule has 16 heavy (non-hydrogen) atoms. The first-order chi connectivity index (χ1) is 7.65. The molecule has 0 unspecified atom stereocenters. The van der Waals surface area contributed by atoms with Crippen LogP contribution in [0.15, 0.2) is 0 Å². The van der Waals surface area contributed by atoms with E-state index in [1.165, 1.54) is 0 Å². The molecule has 2 fully saturated rings. The highest BCUT2D eigenvalue weighted by molar-refractivity contribution is 5.73. The second kappa shape index (κ2) is 5.15. The third-order valence-electron chi connectivity index (χ3n) is 3.75. The number of rotatable bonds is 2. The zero-order valence-electron chi connectivity index (χ0n) is 10.0. The Labute approximate surface area is 97.1 Å². The Bertz CT molecular complexity index is 249. The fourth-order valence-corrected chi connectivity index (χ4v) is 2.59. The molecular weight excluding hydrogens is 204 g/mol. The first kappa shape index (κ1) is 11.9. The standard InChI is InChI=1S/C12H22N2O2/c1-14-6-4-11(5-7-14)16-12(15)9-2-3-10(13)8-9/h9-11H,2-8,13H2,1H3/t9-,10+/m1/s1. The maximum Gasteiger partial charge on any atom is 0.309 e. The number of carbonyl (C=O) groups is 1. The Kier molecular flexibility index (Phi) is 3.82. The van der Waals surface area contributed by atoms with E-state index in [0.29, 0.717) is 0 Å². The average molecular weight is 226 g/mol. The molecule has 0 spiro atoms. The van der Waals surface area contributed by atoms with Crippen LogP contribution in [0.3, 0.4) is 0 Å². The molecule has 1 heterocycles. The van der Waals surface area contributed by atoms with Gasteiger partial charge in [-0.2, -0.15) is 0 Å². The molecule has 0 aromatic heterocycles. The van der Waals surface area contributed by atoms with Crippen molar-refractivity contribution in [1.29, 1.82) is 0 Å². The molecule has 1 saturated carbocycles. The number of hydrogen-bond donors (Lipinski definition) is 1. The second-order valence-corrected chi connectivity index (χ2v) is 5.21. The topological polar surface area (TPSA) is 55.6 Å². The van der Waals surface area contributed by atoms with Gasteiger partial charge in [0, 0.05) is 19.1 Å². The quantitative estimate of drug-likeness (QED) is 0.706. The molecule has 1 aliphatic carbocycles. The van der Waals surface area contributed by atoms with Crippen LogP contribution in [0.25, 0.3) is 0 Å². The summed E-state index contributed by atoms with van der Waals surface area (Å²) < 4.78 is 5.55. The van der Waals surface area contributed by atoms with Crippen LogP contribution in [0.5, 0.6) is 0 Å². The Morgan fingerprint density at radius 1 is 1.25 bits per heavy atom. The molecule has 0 amide bonds. The van der Waals surface area contributed by atoms with Crippen LogP contribution in [0.1, 0.15) is 32.1 Å². The van der Waals surface area contributed by atoms with Crippen LogP contribution >= 0.6 is 0 Å². The van der Waals surface area contributed by atoms with Crippen LogP contribution in [0, 0.1) is 5.92 Å². The number of carbonyl (C=O) groups excluding carboxylic acids is 1. The summed E-state index contributed by atoms with van der Waals surface area (Å²) in [6, 6.07) is 0.204. The van der Waals surface area contributed by atoms with Crippen molar-refractivity contribution in [2.24, 2.45) is 11.7 Å². The van der Waals surface area contributed by atoms with Gasteiger partial charge in [0.15, 0.2) is 0 Å². The lowest BCUT2D eigenvalue weighted by molar-refractivity contribution is -0.155. The van der Waals surface area contributed by atoms with E-state index >= 15 is 0 Å². The van der Waals surface area contributed by atoms with Gasteiger partial charge in [-0.15, -0.1) is 0 Å². The molecule has 0 aromatic carbocycles. The lowest BCUT2D eigenvalue weighted by atomic mass is 10.1. The maximum atomic E-state index is 11.8. The fraction of sp³-hybridized carbons (Fsp3) is 0.917. The smallest absolute Gasteiger partial charge is 0.309 e. The minimum Gasteiger partial charge on any atom is -0.462 e. The molecular formula is C12H22N2O2. The number of esters is 1. The van der Waals surface area contributed by atoms with Crippen molar-refractivity contribution in [3.05, 3.63) is 0 Å². The summed E-state index contributed by atoms with van der Waals surface area (Å²) in [5.74, 6) is 0.0529. The summed E-state index contributed by atoms with van der Waals surface area (Å²) in [4.78, 5) is 14.1. The van der Waals surface area contributed by atoms with E-state index in [9.17, 15) is 4.79 Å². The Morgan fingerprint density at radius 3 is 2.50 bits per heavy atom. The minimum absolute atomic E-state index is 0.0116. The molecule has 4 heteroatoms. The first-order valence-electron chi connectivity index (χ1n) is 6.30. The monoisotopic (exact) mass is 226 g/mol. The molecule has 1 saturated heterocycles. The minimum atomic E-state index is -0.0116. The zero-order valence-corrected chi connectivity index (χ0v) is 10.0. The predicted octanol–water partition coefficient (Wildman–Crippen LogP) is 0.751. The van der Waals surface area contributed by atoms with Crippen LogP contribution in [-0.2, 0) is 9.53 Å². The Morgan fingerprint density at radius 2 is 1.94 bits per heavy atom. The Hall–Kier alpha value is -0.610. The summed E-state index contributed by atoms with van der Waals surface area (Å²) >= 11 is 0. The number of nitrogens with two attached hydrogens (primary N) is 1. The third-order valence-corrected chi connectivity index (χ3v) is 3.75. The van der Waals surface area contributed by atoms with Gasteiger partial charge in [0.1, 0.15) is 6.10 Å². The number of nitrogens with zero attached hydrogens (tertiary/aromatic N) is 1. The van der Waals surface area contributed by atoms with Gasteiger partial charge in [0.25, 0.3) is 0 Å². The molecule has 92 valence electrons. The normalized spacial score (nSPS) is 32.9. The molecule has 1 aliphatic heterocycles. The highest BCUT2D eigenvalue weighted by atomic mass is 16.5. The molecule has 2 N–H and O–H groups in total. The van der Waals surface area contributed by atoms with Crippen molar-refractivity contribution in [1.82, 2.24) is 4.90 Å². The molecule has 0 aromatic rings. The van der Waals surface area contributed by atoms with Crippen molar-refractivity contribution in [2.45, 2.75) is 44.2 Å². The third kappa shape index (κ3) is 2.95. The highest BCUT2D eigenvalue weighted by Crippen LogP contribution is 2.26. The summed E-state index contributed by atoms with van der Waals surface area (Å²) in [5.41, 5.74) is 5.80. The number of hydrogen-bond acceptors (Lipinski definition) is 4. The fourth-order valence-electron chi connectivity index (χ4n) is 2.59. The highest BCUT2D eigenvalue weighted by Gasteiger charge is 2.31. The van der Waals surface area contributed by atoms with E-state index in [-0.39, 0.29) is 24.0 Å². The molecule has 0 radical (unpaired) electrons. The van der Waals surface area contributed by atoms with E-state index in [1.807, 2.05) is 0 Å². The van der Waals surface area contributed by atoms with Crippen LogP contribution in [0.4, 0.5) is 0 Å². The van der Waals surface area contributed by atoms with Crippen LogP contribution in [-0.4, -0.2) is 43.2 Å². The largest absolute Gasteiger partial charge is 0.462 e. The van der Waals surface area contributed by atoms with Gasteiger partial charge in [-0.1, -0.05) is 0 Å². The summed E-state index contributed by atoms with van der Waals surface area (Å²) in [7, 11) is 2.11. The number of piperidine rings is 1.